The van der Waals surface area contributed by atoms with E-state index < -0.39 is 11.7 Å². The van der Waals surface area contributed by atoms with E-state index in [9.17, 15) is 9.59 Å². The lowest BCUT2D eigenvalue weighted by Gasteiger charge is -2.19. The van der Waals surface area contributed by atoms with E-state index in [0.717, 1.165) is 17.7 Å². The first-order chi connectivity index (χ1) is 13.6. The summed E-state index contributed by atoms with van der Waals surface area (Å²) in [6.07, 6.45) is 0.331. The van der Waals surface area contributed by atoms with Crippen LogP contribution in [-0.2, 0) is 16.1 Å². The van der Waals surface area contributed by atoms with Crippen molar-refractivity contribution in [1.29, 1.82) is 0 Å². The van der Waals surface area contributed by atoms with Gasteiger partial charge in [-0.25, -0.2) is 4.79 Å². The fraction of sp³-hybridized carbons (Fsp3) is 0.571. The van der Waals surface area contributed by atoms with Gasteiger partial charge >= 0.3 is 6.09 Å². The number of rotatable bonds is 8. The van der Waals surface area contributed by atoms with Crippen LogP contribution in [0.2, 0.25) is 0 Å². The van der Waals surface area contributed by atoms with Crippen LogP contribution >= 0.6 is 0 Å². The number of ether oxygens (including phenoxy) is 1. The predicted octanol–water partition coefficient (Wildman–Crippen LogP) is 2.86. The number of benzene rings is 1. The SMILES string of the molecule is CN=C(NCCCNC(=O)OC(C)(C)C)NCc1ccc(NC(=O)C(C)C)cc1. The number of nitrogens with one attached hydrogen (secondary N) is 4. The third-order valence-electron chi connectivity index (χ3n) is 3.74. The zero-order chi connectivity index (χ0) is 21.9. The summed E-state index contributed by atoms with van der Waals surface area (Å²) in [7, 11) is 1.71. The van der Waals surface area contributed by atoms with E-state index in [1.54, 1.807) is 7.05 Å². The van der Waals surface area contributed by atoms with E-state index in [2.05, 4.69) is 26.3 Å². The molecule has 4 N–H and O–H groups in total. The molecule has 0 fully saturated rings. The zero-order valence-corrected chi connectivity index (χ0v) is 18.4. The van der Waals surface area contributed by atoms with E-state index in [0.29, 0.717) is 25.6 Å². The van der Waals surface area contributed by atoms with Gasteiger partial charge in [0, 0.05) is 38.3 Å². The molecule has 2 amide bonds. The summed E-state index contributed by atoms with van der Waals surface area (Å²) in [6, 6.07) is 7.69. The molecule has 0 aromatic heterocycles. The Morgan fingerprint density at radius 2 is 1.66 bits per heavy atom. The smallest absolute Gasteiger partial charge is 0.407 e. The third-order valence-corrected chi connectivity index (χ3v) is 3.74. The van der Waals surface area contributed by atoms with Crippen molar-refractivity contribution in [2.24, 2.45) is 10.9 Å². The van der Waals surface area contributed by atoms with Crippen molar-refractivity contribution in [3.05, 3.63) is 29.8 Å². The molecule has 1 rings (SSSR count). The molecule has 162 valence electrons. The first-order valence-corrected chi connectivity index (χ1v) is 9.92. The van der Waals surface area contributed by atoms with Crippen molar-refractivity contribution in [3.63, 3.8) is 0 Å². The average molecular weight is 406 g/mol. The van der Waals surface area contributed by atoms with Crippen LogP contribution in [-0.4, -0.2) is 43.7 Å². The molecule has 0 radical (unpaired) electrons. The molecular weight excluding hydrogens is 370 g/mol. The van der Waals surface area contributed by atoms with Crippen LogP contribution in [0.1, 0.15) is 46.6 Å². The van der Waals surface area contributed by atoms with Gasteiger partial charge in [0.05, 0.1) is 0 Å². The second-order valence-electron chi connectivity index (χ2n) is 7.98. The van der Waals surface area contributed by atoms with Crippen LogP contribution in [0.15, 0.2) is 29.3 Å². The van der Waals surface area contributed by atoms with Gasteiger partial charge in [-0.2, -0.15) is 0 Å². The standard InChI is InChI=1S/C21H35N5O3/c1-15(2)18(27)26-17-10-8-16(9-11-17)14-25-19(22-6)23-12-7-13-24-20(28)29-21(3,4)5/h8-11,15H,7,12-14H2,1-6H3,(H,24,28)(H,26,27)(H2,22,23,25). The second-order valence-corrected chi connectivity index (χ2v) is 7.98. The van der Waals surface area contributed by atoms with Crippen molar-refractivity contribution < 1.29 is 14.3 Å². The monoisotopic (exact) mass is 405 g/mol. The second kappa shape index (κ2) is 11.9. The Bertz CT molecular complexity index is 679. The average Bonchev–Trinajstić information content (AvgIpc) is 2.63. The van der Waals surface area contributed by atoms with Gasteiger partial charge in [0.2, 0.25) is 5.91 Å². The molecule has 1 aromatic carbocycles. The number of hydrogen-bond acceptors (Lipinski definition) is 4. The van der Waals surface area contributed by atoms with E-state index >= 15 is 0 Å². The topological polar surface area (TPSA) is 104 Å². The van der Waals surface area contributed by atoms with Crippen LogP contribution in [0, 0.1) is 5.92 Å². The Balaban J connectivity index is 2.29. The molecule has 1 aromatic rings. The molecule has 0 saturated heterocycles. The molecule has 8 nitrogen and oxygen atoms in total. The number of hydrogen-bond donors (Lipinski definition) is 4. The highest BCUT2D eigenvalue weighted by atomic mass is 16.6. The summed E-state index contributed by atoms with van der Waals surface area (Å²) < 4.78 is 5.19. The molecule has 0 bridgehead atoms. The van der Waals surface area contributed by atoms with Gasteiger partial charge in [0.25, 0.3) is 0 Å². The van der Waals surface area contributed by atoms with Crippen LogP contribution in [0.5, 0.6) is 0 Å². The third kappa shape index (κ3) is 11.0. The molecule has 0 atom stereocenters. The van der Waals surface area contributed by atoms with Crippen LogP contribution in [0.25, 0.3) is 0 Å². The minimum atomic E-state index is -0.494. The van der Waals surface area contributed by atoms with Gasteiger partial charge in [-0.15, -0.1) is 0 Å². The van der Waals surface area contributed by atoms with E-state index in [1.807, 2.05) is 58.9 Å². The van der Waals surface area contributed by atoms with E-state index in [4.69, 9.17) is 4.74 Å². The van der Waals surface area contributed by atoms with E-state index in [-0.39, 0.29) is 11.8 Å². The summed E-state index contributed by atoms with van der Waals surface area (Å²) >= 11 is 0. The molecule has 0 aliphatic heterocycles. The van der Waals surface area contributed by atoms with Crippen molar-refractivity contribution in [1.82, 2.24) is 16.0 Å². The molecule has 29 heavy (non-hydrogen) atoms. The first-order valence-electron chi connectivity index (χ1n) is 9.92. The largest absolute Gasteiger partial charge is 0.444 e. The molecule has 8 heteroatoms. The lowest BCUT2D eigenvalue weighted by atomic mass is 10.1. The minimum Gasteiger partial charge on any atom is -0.444 e. The molecule has 0 aliphatic carbocycles. The summed E-state index contributed by atoms with van der Waals surface area (Å²) in [5, 5.41) is 12.0. The number of nitrogens with zero attached hydrogens (tertiary/aromatic N) is 1. The quantitative estimate of drug-likeness (QED) is 0.302. The minimum absolute atomic E-state index is 0.00151. The first kappa shape index (κ1) is 24.3. The van der Waals surface area contributed by atoms with Crippen molar-refractivity contribution in [2.75, 3.05) is 25.5 Å². The van der Waals surface area contributed by atoms with Gasteiger partial charge in [-0.1, -0.05) is 26.0 Å². The molecule has 0 saturated carbocycles. The summed E-state index contributed by atoms with van der Waals surface area (Å²) in [4.78, 5) is 27.5. The zero-order valence-electron chi connectivity index (χ0n) is 18.4. The Morgan fingerprint density at radius 3 is 2.21 bits per heavy atom. The van der Waals surface area contributed by atoms with Crippen molar-refractivity contribution in [3.8, 4) is 0 Å². The Labute approximate surface area is 173 Å². The Kier molecular flexibility index (Phi) is 9.99. The van der Waals surface area contributed by atoms with Gasteiger partial charge in [0.1, 0.15) is 5.60 Å². The maximum absolute atomic E-state index is 11.7. The number of aliphatic imine (C=N–C) groups is 1. The fourth-order valence-corrected chi connectivity index (χ4v) is 2.20. The number of alkyl carbamates (subject to hydrolysis) is 1. The van der Waals surface area contributed by atoms with Gasteiger partial charge in [-0.3, -0.25) is 9.79 Å². The number of amides is 2. The normalized spacial score (nSPS) is 11.8. The Morgan fingerprint density at radius 1 is 1.03 bits per heavy atom. The van der Waals surface area contributed by atoms with E-state index in [1.165, 1.54) is 0 Å². The molecule has 0 unspecified atom stereocenters. The molecule has 0 heterocycles. The lowest BCUT2D eigenvalue weighted by molar-refractivity contribution is -0.118. The van der Waals surface area contributed by atoms with Crippen LogP contribution < -0.4 is 21.3 Å². The highest BCUT2D eigenvalue weighted by molar-refractivity contribution is 5.92. The van der Waals surface area contributed by atoms with Crippen LogP contribution in [0.3, 0.4) is 0 Å². The molecule has 0 aliphatic rings. The highest BCUT2D eigenvalue weighted by Gasteiger charge is 2.15. The number of carbonyl (C=O) groups is 2. The van der Waals surface area contributed by atoms with Gasteiger partial charge in [0.15, 0.2) is 5.96 Å². The lowest BCUT2D eigenvalue weighted by Crippen LogP contribution is -2.39. The maximum Gasteiger partial charge on any atom is 0.407 e. The Hall–Kier alpha value is -2.77. The molecular formula is C21H35N5O3. The number of anilines is 1. The van der Waals surface area contributed by atoms with Gasteiger partial charge < -0.3 is 26.0 Å². The van der Waals surface area contributed by atoms with Crippen molar-refractivity contribution in [2.45, 2.75) is 53.2 Å². The summed E-state index contributed by atoms with van der Waals surface area (Å²) in [6.45, 7) is 11.0. The molecule has 0 spiro atoms. The van der Waals surface area contributed by atoms with Crippen LogP contribution in [0.4, 0.5) is 10.5 Å². The number of guanidine groups is 1. The summed E-state index contributed by atoms with van der Waals surface area (Å²) in [5.74, 6) is 0.631. The fourth-order valence-electron chi connectivity index (χ4n) is 2.20. The predicted molar refractivity (Wildman–Crippen MR) is 117 cm³/mol. The van der Waals surface area contributed by atoms with Gasteiger partial charge in [-0.05, 0) is 44.9 Å². The number of carbonyl (C=O) groups excluding carboxylic acids is 2. The van der Waals surface area contributed by atoms with Crippen molar-refractivity contribution >= 4 is 23.6 Å². The maximum atomic E-state index is 11.7. The highest BCUT2D eigenvalue weighted by Crippen LogP contribution is 2.11. The summed E-state index contributed by atoms with van der Waals surface area (Å²) in [5.41, 5.74) is 1.36.